The Labute approximate surface area is 184 Å². The molecule has 0 saturated heterocycles. The van der Waals surface area contributed by atoms with Gasteiger partial charge in [0.2, 0.25) is 0 Å². The summed E-state index contributed by atoms with van der Waals surface area (Å²) in [6, 6.07) is 7.27. The molecule has 3 aromatic rings. The zero-order valence-corrected chi connectivity index (χ0v) is 19.0. The molecule has 0 radical (unpaired) electrons. The molecule has 3 aromatic heterocycles. The number of anilines is 1. The Bertz CT molecular complexity index is 1030. The fraction of sp³-hybridized carbons (Fsp3) is 0.391. The van der Waals surface area contributed by atoms with E-state index in [1.165, 1.54) is 16.2 Å². The summed E-state index contributed by atoms with van der Waals surface area (Å²) < 4.78 is 5.33. The average molecular weight is 443 g/mol. The Morgan fingerprint density at radius 1 is 1.20 bits per heavy atom. The molecule has 0 saturated carbocycles. The maximum atomic E-state index is 13.1. The highest BCUT2D eigenvalue weighted by molar-refractivity contribution is 7.17. The lowest BCUT2D eigenvalue weighted by Gasteiger charge is -2.33. The van der Waals surface area contributed by atoms with Gasteiger partial charge in [0.15, 0.2) is 0 Å². The fourth-order valence-corrected chi connectivity index (χ4v) is 5.83. The van der Waals surface area contributed by atoms with Crippen LogP contribution in [0.1, 0.15) is 63.4 Å². The summed E-state index contributed by atoms with van der Waals surface area (Å²) in [5.41, 5.74) is 1.90. The lowest BCUT2D eigenvalue weighted by Crippen LogP contribution is -2.28. The molecule has 30 heavy (non-hydrogen) atoms. The minimum absolute atomic E-state index is 0.167. The van der Waals surface area contributed by atoms with E-state index in [1.807, 2.05) is 17.5 Å². The van der Waals surface area contributed by atoms with E-state index in [1.54, 1.807) is 29.7 Å². The van der Waals surface area contributed by atoms with Gasteiger partial charge in [-0.1, -0.05) is 26.8 Å². The van der Waals surface area contributed by atoms with Crippen LogP contribution in [0.15, 0.2) is 40.3 Å². The minimum atomic E-state index is -0.170. The molecular formula is C23H26N2O3S2. The number of thiophene rings is 2. The number of amides is 2. The van der Waals surface area contributed by atoms with E-state index in [4.69, 9.17) is 4.42 Å². The molecule has 0 fully saturated rings. The predicted molar refractivity (Wildman–Crippen MR) is 121 cm³/mol. The van der Waals surface area contributed by atoms with E-state index in [9.17, 15) is 9.59 Å². The molecule has 2 N–H and O–H groups in total. The Hall–Kier alpha value is -2.38. The first-order chi connectivity index (χ1) is 14.3. The second kappa shape index (κ2) is 8.40. The van der Waals surface area contributed by atoms with Crippen LogP contribution >= 0.6 is 22.7 Å². The number of carbonyl (C=O) groups is 2. The number of hydrogen-bond acceptors (Lipinski definition) is 5. The van der Waals surface area contributed by atoms with Crippen LogP contribution in [-0.2, 0) is 19.4 Å². The van der Waals surface area contributed by atoms with Crippen LogP contribution in [0, 0.1) is 11.3 Å². The summed E-state index contributed by atoms with van der Waals surface area (Å²) in [6.45, 7) is 7.13. The lowest BCUT2D eigenvalue weighted by molar-refractivity contribution is 0.0947. The second-order valence-electron chi connectivity index (χ2n) is 8.71. The Morgan fingerprint density at radius 3 is 2.70 bits per heavy atom. The molecule has 2 amide bonds. The van der Waals surface area contributed by atoms with Gasteiger partial charge < -0.3 is 15.1 Å². The SMILES string of the molecule is CC(C)(C)[C@@H]1CCc2c(sc(NC(=O)c3cccs3)c2C(=O)NCc2ccco2)C1. The standard InChI is InChI=1S/C23H26N2O3S2/c1-23(2,3)14-8-9-16-18(12-14)30-22(25-20(26)17-7-5-11-29-17)19(16)21(27)24-13-15-6-4-10-28-15/h4-7,10-11,14H,8-9,12-13H2,1-3H3,(H,24,27)(H,25,26)/t14-/m1/s1. The number of rotatable bonds is 5. The van der Waals surface area contributed by atoms with E-state index in [0.29, 0.717) is 33.7 Å². The monoisotopic (exact) mass is 442 g/mol. The molecule has 3 heterocycles. The van der Waals surface area contributed by atoms with Crippen molar-refractivity contribution in [2.45, 2.75) is 46.6 Å². The van der Waals surface area contributed by atoms with Crippen LogP contribution in [0.5, 0.6) is 0 Å². The molecule has 1 atom stereocenters. The summed E-state index contributed by atoms with van der Waals surface area (Å²) in [5.74, 6) is 0.920. The summed E-state index contributed by atoms with van der Waals surface area (Å²) in [7, 11) is 0. The molecule has 158 valence electrons. The highest BCUT2D eigenvalue weighted by atomic mass is 32.1. The minimum Gasteiger partial charge on any atom is -0.467 e. The number of furan rings is 1. The van der Waals surface area contributed by atoms with Crippen molar-refractivity contribution >= 4 is 39.5 Å². The largest absolute Gasteiger partial charge is 0.467 e. The molecule has 5 nitrogen and oxygen atoms in total. The van der Waals surface area contributed by atoms with Crippen molar-refractivity contribution < 1.29 is 14.0 Å². The third kappa shape index (κ3) is 4.37. The first-order valence-electron chi connectivity index (χ1n) is 10.1. The van der Waals surface area contributed by atoms with Crippen LogP contribution in [0.25, 0.3) is 0 Å². The summed E-state index contributed by atoms with van der Waals surface area (Å²) in [5, 5.41) is 8.47. The number of fused-ring (bicyclic) bond motifs is 1. The quantitative estimate of drug-likeness (QED) is 0.530. The smallest absolute Gasteiger partial charge is 0.266 e. The molecule has 7 heteroatoms. The Kier molecular flexibility index (Phi) is 5.84. The third-order valence-electron chi connectivity index (χ3n) is 5.69. The normalized spacial score (nSPS) is 16.2. The maximum absolute atomic E-state index is 13.1. The molecule has 0 unspecified atom stereocenters. The zero-order chi connectivity index (χ0) is 21.3. The molecular weight excluding hydrogens is 416 g/mol. The van der Waals surface area contributed by atoms with Crippen molar-refractivity contribution in [2.75, 3.05) is 5.32 Å². The first kappa shape index (κ1) is 20.9. The summed E-state index contributed by atoms with van der Waals surface area (Å²) in [4.78, 5) is 27.7. The maximum Gasteiger partial charge on any atom is 0.266 e. The van der Waals surface area contributed by atoms with Crippen LogP contribution in [0.2, 0.25) is 0 Å². The van der Waals surface area contributed by atoms with Crippen molar-refractivity contribution in [1.82, 2.24) is 5.32 Å². The van der Waals surface area contributed by atoms with Gasteiger partial charge in [-0.05, 0) is 59.7 Å². The fourth-order valence-electron chi connectivity index (χ4n) is 3.89. The zero-order valence-electron chi connectivity index (χ0n) is 17.4. The second-order valence-corrected chi connectivity index (χ2v) is 10.8. The average Bonchev–Trinajstić information content (AvgIpc) is 3.45. The van der Waals surface area contributed by atoms with Gasteiger partial charge in [0.1, 0.15) is 10.8 Å². The van der Waals surface area contributed by atoms with Crippen LogP contribution in [-0.4, -0.2) is 11.8 Å². The van der Waals surface area contributed by atoms with Crippen LogP contribution in [0.3, 0.4) is 0 Å². The van der Waals surface area contributed by atoms with Gasteiger partial charge in [-0.25, -0.2) is 0 Å². The lowest BCUT2D eigenvalue weighted by atomic mass is 9.72. The molecule has 0 aromatic carbocycles. The van der Waals surface area contributed by atoms with E-state index >= 15 is 0 Å². The molecule has 4 rings (SSSR count). The van der Waals surface area contributed by atoms with Gasteiger partial charge in [0.25, 0.3) is 11.8 Å². The molecule has 1 aliphatic rings. The van der Waals surface area contributed by atoms with Gasteiger partial charge in [-0.2, -0.15) is 0 Å². The van der Waals surface area contributed by atoms with Gasteiger partial charge in [-0.3, -0.25) is 9.59 Å². The van der Waals surface area contributed by atoms with Crippen molar-refractivity contribution in [1.29, 1.82) is 0 Å². The van der Waals surface area contributed by atoms with Crippen molar-refractivity contribution in [2.24, 2.45) is 11.3 Å². The highest BCUT2D eigenvalue weighted by Crippen LogP contribution is 2.44. The van der Waals surface area contributed by atoms with E-state index < -0.39 is 0 Å². The van der Waals surface area contributed by atoms with E-state index in [0.717, 1.165) is 24.8 Å². The molecule has 0 spiro atoms. The summed E-state index contributed by atoms with van der Waals surface area (Å²) in [6.07, 6.45) is 4.43. The Balaban J connectivity index is 1.62. The van der Waals surface area contributed by atoms with Gasteiger partial charge in [-0.15, -0.1) is 22.7 Å². The molecule has 0 aliphatic heterocycles. The topological polar surface area (TPSA) is 71.3 Å². The molecule has 0 bridgehead atoms. The van der Waals surface area contributed by atoms with Crippen molar-refractivity contribution in [3.63, 3.8) is 0 Å². The Morgan fingerprint density at radius 2 is 2.03 bits per heavy atom. The van der Waals surface area contributed by atoms with E-state index in [-0.39, 0.29) is 17.2 Å². The van der Waals surface area contributed by atoms with E-state index in [2.05, 4.69) is 31.4 Å². The number of hydrogen-bond donors (Lipinski definition) is 2. The van der Waals surface area contributed by atoms with Gasteiger partial charge in [0, 0.05) is 4.88 Å². The van der Waals surface area contributed by atoms with Crippen molar-refractivity contribution in [3.05, 3.63) is 62.6 Å². The van der Waals surface area contributed by atoms with Gasteiger partial charge in [0.05, 0.1) is 23.2 Å². The van der Waals surface area contributed by atoms with Crippen LogP contribution in [0.4, 0.5) is 5.00 Å². The van der Waals surface area contributed by atoms with Crippen LogP contribution < -0.4 is 10.6 Å². The third-order valence-corrected chi connectivity index (χ3v) is 7.73. The number of carbonyl (C=O) groups excluding carboxylic acids is 2. The summed E-state index contributed by atoms with van der Waals surface area (Å²) >= 11 is 2.94. The molecule has 1 aliphatic carbocycles. The van der Waals surface area contributed by atoms with Gasteiger partial charge >= 0.3 is 0 Å². The highest BCUT2D eigenvalue weighted by Gasteiger charge is 2.34. The number of nitrogens with one attached hydrogen (secondary N) is 2. The van der Waals surface area contributed by atoms with Crippen molar-refractivity contribution in [3.8, 4) is 0 Å². The predicted octanol–water partition coefficient (Wildman–Crippen LogP) is 5.74. The first-order valence-corrected chi connectivity index (χ1v) is 11.8.